The van der Waals surface area contributed by atoms with Gasteiger partial charge in [0.25, 0.3) is 0 Å². The van der Waals surface area contributed by atoms with E-state index in [1.807, 2.05) is 0 Å². The van der Waals surface area contributed by atoms with Gasteiger partial charge in [-0.1, -0.05) is 136 Å². The van der Waals surface area contributed by atoms with E-state index in [0.29, 0.717) is 12.8 Å². The molecule has 1 rings (SSSR count). The lowest BCUT2D eigenvalue weighted by molar-refractivity contribution is -0.291. The van der Waals surface area contributed by atoms with E-state index in [9.17, 15) is 34.5 Å². The number of rotatable bonds is 31. The number of hydrogen-bond acceptors (Lipinski definition) is 9. The molecular weight excluding hydrogens is 642 g/mol. The molecule has 0 aromatic heterocycles. The molecule has 1 aliphatic rings. The molecule has 0 saturated carbocycles. The Hall–Kier alpha value is -2.12. The monoisotopic (exact) mass is 714 g/mol. The summed E-state index contributed by atoms with van der Waals surface area (Å²) in [5.74, 6) is -6.80. The van der Waals surface area contributed by atoms with Crippen molar-refractivity contribution in [3.8, 4) is 0 Å². The first-order valence-electron chi connectivity index (χ1n) is 19.8. The Morgan fingerprint density at radius 1 is 0.680 bits per heavy atom. The van der Waals surface area contributed by atoms with Gasteiger partial charge in [-0.15, -0.1) is 0 Å². The number of carbonyl (C=O) groups is 4. The van der Waals surface area contributed by atoms with Crippen LogP contribution in [0.1, 0.15) is 168 Å². The summed E-state index contributed by atoms with van der Waals surface area (Å²) in [6.45, 7) is 3.24. The second-order valence-electron chi connectivity index (χ2n) is 14.2. The third-order valence-electron chi connectivity index (χ3n) is 9.86. The number of nitrogens with two attached hydrogens (primary N) is 1. The first-order chi connectivity index (χ1) is 24.0. The zero-order chi connectivity index (χ0) is 37.2. The Balaban J connectivity index is 2.97. The number of carboxylic acids is 1. The van der Waals surface area contributed by atoms with Gasteiger partial charge in [-0.25, -0.2) is 0 Å². The molecule has 0 bridgehead atoms. The van der Waals surface area contributed by atoms with Gasteiger partial charge in [-0.05, 0) is 12.8 Å². The van der Waals surface area contributed by atoms with Crippen molar-refractivity contribution in [2.24, 2.45) is 11.7 Å². The number of carbonyl (C=O) groups excluding carboxylic acids is 3. The van der Waals surface area contributed by atoms with E-state index in [2.05, 4.69) is 19.2 Å². The summed E-state index contributed by atoms with van der Waals surface area (Å²) in [5.41, 5.74) is 6.81. The molecule has 50 heavy (non-hydrogen) atoms. The number of ketones is 1. The molecule has 12 nitrogen and oxygen atoms in total. The normalized spacial score (nSPS) is 22.0. The summed E-state index contributed by atoms with van der Waals surface area (Å²) < 4.78 is 5.97. The smallest absolute Gasteiger partial charge is 0.303 e. The third kappa shape index (κ3) is 17.9. The topological polar surface area (TPSA) is 200 Å². The van der Waals surface area contributed by atoms with Crippen molar-refractivity contribution in [1.29, 1.82) is 0 Å². The number of ether oxygens (including phenoxy) is 1. The van der Waals surface area contributed by atoms with Crippen LogP contribution < -0.4 is 11.1 Å². The molecule has 5 atom stereocenters. The van der Waals surface area contributed by atoms with Crippen LogP contribution in [0.3, 0.4) is 0 Å². The highest BCUT2D eigenvalue weighted by Gasteiger charge is 2.58. The number of nitrogens with one attached hydrogen (secondary N) is 1. The maximum Gasteiger partial charge on any atom is 0.303 e. The number of unbranched alkanes of at least 4 members (excludes halogenated alkanes) is 19. The summed E-state index contributed by atoms with van der Waals surface area (Å²) >= 11 is 0. The molecule has 0 aliphatic carbocycles. The van der Waals surface area contributed by atoms with Crippen LogP contribution in [-0.4, -0.2) is 92.8 Å². The first kappa shape index (κ1) is 45.9. The number of aliphatic carboxylic acids is 1. The van der Waals surface area contributed by atoms with E-state index >= 15 is 0 Å². The number of carboxylic acid groups (broad SMARTS) is 1. The van der Waals surface area contributed by atoms with Crippen molar-refractivity contribution in [2.45, 2.75) is 192 Å². The lowest BCUT2D eigenvalue weighted by atomic mass is 9.82. The molecule has 1 saturated heterocycles. The van der Waals surface area contributed by atoms with Crippen LogP contribution >= 0.6 is 0 Å². The second kappa shape index (κ2) is 27.5. The highest BCUT2D eigenvalue weighted by atomic mass is 16.6. The van der Waals surface area contributed by atoms with E-state index in [-0.39, 0.29) is 25.3 Å². The van der Waals surface area contributed by atoms with Crippen molar-refractivity contribution in [1.82, 2.24) is 10.2 Å². The Morgan fingerprint density at radius 3 is 1.60 bits per heavy atom. The third-order valence-corrected chi connectivity index (χ3v) is 9.86. The van der Waals surface area contributed by atoms with Gasteiger partial charge in [0.1, 0.15) is 18.1 Å². The van der Waals surface area contributed by atoms with Crippen molar-refractivity contribution in [2.75, 3.05) is 19.7 Å². The van der Waals surface area contributed by atoms with Crippen LogP contribution in [0.25, 0.3) is 0 Å². The number of aliphatic hydroxyl groups excluding tert-OH is 3. The molecule has 0 spiro atoms. The number of aliphatic hydroxyl groups is 3. The van der Waals surface area contributed by atoms with Gasteiger partial charge in [0.05, 0.1) is 25.7 Å². The van der Waals surface area contributed by atoms with Gasteiger partial charge in [0.15, 0.2) is 5.78 Å². The van der Waals surface area contributed by atoms with Gasteiger partial charge in [0.2, 0.25) is 17.7 Å². The first-order valence-corrected chi connectivity index (χ1v) is 19.8. The van der Waals surface area contributed by atoms with Crippen LogP contribution in [-0.2, 0) is 23.9 Å². The molecule has 0 unspecified atom stereocenters. The lowest BCUT2D eigenvalue weighted by Gasteiger charge is -2.52. The molecule has 292 valence electrons. The summed E-state index contributed by atoms with van der Waals surface area (Å²) in [6.07, 6.45) is 17.7. The number of nitrogens with zero attached hydrogens (tertiary/aromatic N) is 1. The maximum atomic E-state index is 13.9. The standard InChI is InChI=1S/C38H71N3O9/c1-3-5-7-9-11-13-14-15-17-19-21-23-27-41(33(45)24-22-20-18-16-12-10-8-6-4-2)38(39)35(37(49)36(48)31(29-42)50-38)30(43)28-40-32(44)25-26-34(46)47/h31,35-37,42,48-49H,3-29,39H2,1-2H3,(H,40,44)(H,46,47)/t31-,35-,36-,37-,38+/m1/s1. The quantitative estimate of drug-likeness (QED) is 0.0403. The fourth-order valence-corrected chi connectivity index (χ4v) is 6.78. The van der Waals surface area contributed by atoms with E-state index < -0.39 is 67.3 Å². The number of amides is 2. The zero-order valence-electron chi connectivity index (χ0n) is 31.3. The summed E-state index contributed by atoms with van der Waals surface area (Å²) in [7, 11) is 0. The lowest BCUT2D eigenvalue weighted by Crippen LogP contribution is -2.75. The summed E-state index contributed by atoms with van der Waals surface area (Å²) in [4.78, 5) is 51.8. The maximum absolute atomic E-state index is 13.9. The average molecular weight is 714 g/mol. The van der Waals surface area contributed by atoms with E-state index in [4.69, 9.17) is 15.6 Å². The van der Waals surface area contributed by atoms with Crippen LogP contribution in [0.5, 0.6) is 0 Å². The molecule has 0 aromatic carbocycles. The minimum absolute atomic E-state index is 0.153. The Labute approximate surface area is 301 Å². The summed E-state index contributed by atoms with van der Waals surface area (Å²) in [6, 6.07) is 0. The van der Waals surface area contributed by atoms with Crippen molar-refractivity contribution < 1.29 is 44.3 Å². The predicted octanol–water partition coefficient (Wildman–Crippen LogP) is 5.33. The Bertz CT molecular complexity index is 952. The van der Waals surface area contributed by atoms with E-state index in [1.165, 1.54) is 75.5 Å². The minimum atomic E-state index is -2.19. The summed E-state index contributed by atoms with van der Waals surface area (Å²) in [5, 5.41) is 43.1. The van der Waals surface area contributed by atoms with Crippen molar-refractivity contribution >= 4 is 23.6 Å². The zero-order valence-corrected chi connectivity index (χ0v) is 31.3. The van der Waals surface area contributed by atoms with E-state index in [1.54, 1.807) is 0 Å². The van der Waals surface area contributed by atoms with E-state index in [0.717, 1.165) is 51.4 Å². The van der Waals surface area contributed by atoms with Gasteiger partial charge in [0, 0.05) is 19.4 Å². The molecule has 0 radical (unpaired) electrons. The largest absolute Gasteiger partial charge is 0.481 e. The Kier molecular flexibility index (Phi) is 25.3. The number of Topliss-reactive ketones (excluding diaryl/α,β-unsaturated/α-hetero) is 1. The van der Waals surface area contributed by atoms with Crippen molar-refractivity contribution in [3.05, 3.63) is 0 Å². The molecule has 1 fully saturated rings. The SMILES string of the molecule is CCCCCCCCCCCCCCN(C(=O)CCCCCCCCCCC)[C@]1(N)O[C@H](CO)[C@@H](O)[C@H](O)[C@H]1C(=O)CNC(=O)CCC(=O)O. The van der Waals surface area contributed by atoms with Gasteiger partial charge in [-0.2, -0.15) is 0 Å². The second-order valence-corrected chi connectivity index (χ2v) is 14.2. The average Bonchev–Trinajstić information content (AvgIpc) is 3.09. The van der Waals surface area contributed by atoms with Crippen LogP contribution in [0, 0.1) is 5.92 Å². The van der Waals surface area contributed by atoms with Gasteiger partial charge in [-0.3, -0.25) is 24.9 Å². The van der Waals surface area contributed by atoms with Gasteiger partial charge < -0.3 is 35.4 Å². The van der Waals surface area contributed by atoms with Crippen LogP contribution in [0.15, 0.2) is 0 Å². The molecule has 7 N–H and O–H groups in total. The molecular formula is C38H71N3O9. The predicted molar refractivity (Wildman–Crippen MR) is 194 cm³/mol. The fraction of sp³-hybridized carbons (Fsp3) is 0.895. The molecule has 2 amide bonds. The van der Waals surface area contributed by atoms with Crippen molar-refractivity contribution in [3.63, 3.8) is 0 Å². The highest BCUT2D eigenvalue weighted by molar-refractivity contribution is 5.90. The van der Waals surface area contributed by atoms with Crippen LogP contribution in [0.4, 0.5) is 0 Å². The highest BCUT2D eigenvalue weighted by Crippen LogP contribution is 2.36. The molecule has 12 heteroatoms. The Morgan fingerprint density at radius 2 is 1.14 bits per heavy atom. The van der Waals surface area contributed by atoms with Gasteiger partial charge >= 0.3 is 5.97 Å². The minimum Gasteiger partial charge on any atom is -0.481 e. The fourth-order valence-electron chi connectivity index (χ4n) is 6.78. The van der Waals surface area contributed by atoms with Crippen LogP contribution in [0.2, 0.25) is 0 Å². The molecule has 1 heterocycles. The molecule has 1 aliphatic heterocycles. The molecule has 0 aromatic rings. The number of hydrogen-bond donors (Lipinski definition) is 6.